The summed E-state index contributed by atoms with van der Waals surface area (Å²) in [4.78, 5) is 23.0. The lowest BCUT2D eigenvalue weighted by atomic mass is 9.86. The van der Waals surface area contributed by atoms with Gasteiger partial charge < -0.3 is 15.7 Å². The van der Waals surface area contributed by atoms with Gasteiger partial charge in [-0.15, -0.1) is 0 Å². The number of aromatic nitrogens is 2. The van der Waals surface area contributed by atoms with Crippen molar-refractivity contribution in [3.05, 3.63) is 42.2 Å². The molecule has 3 rings (SSSR count). The zero-order chi connectivity index (χ0) is 20.3. The van der Waals surface area contributed by atoms with Gasteiger partial charge in [-0.25, -0.2) is 9.48 Å². The van der Waals surface area contributed by atoms with E-state index in [1.54, 1.807) is 0 Å². The summed E-state index contributed by atoms with van der Waals surface area (Å²) in [6.07, 6.45) is 0.696. The fourth-order valence-electron chi connectivity index (χ4n) is 3.17. The maximum absolute atomic E-state index is 12.6. The topological polar surface area (TPSA) is 96.3 Å². The normalized spacial score (nSPS) is 19.8. The third-order valence-electron chi connectivity index (χ3n) is 4.71. The van der Waals surface area contributed by atoms with Crippen LogP contribution in [-0.4, -0.2) is 32.9 Å². The quantitative estimate of drug-likeness (QED) is 0.735. The first-order valence-electron chi connectivity index (χ1n) is 8.75. The van der Waals surface area contributed by atoms with Gasteiger partial charge in [0, 0.05) is 6.04 Å². The Morgan fingerprint density at radius 1 is 1.11 bits per heavy atom. The molecular weight excluding hydrogens is 377 g/mol. The highest BCUT2D eigenvalue weighted by Crippen LogP contribution is 2.29. The van der Waals surface area contributed by atoms with Gasteiger partial charge in [0.1, 0.15) is 0 Å². The molecule has 2 aromatic rings. The molecule has 3 N–H and O–H groups in total. The van der Waals surface area contributed by atoms with Crippen LogP contribution < -0.4 is 10.6 Å². The second-order valence-corrected chi connectivity index (χ2v) is 6.70. The van der Waals surface area contributed by atoms with Crippen LogP contribution in [0.4, 0.5) is 23.7 Å². The number of hydrogen-bond donors (Lipinski definition) is 3. The van der Waals surface area contributed by atoms with Crippen molar-refractivity contribution >= 4 is 17.7 Å². The lowest BCUT2D eigenvalue weighted by molar-refractivity contribution is -0.143. The number of nitrogens with one attached hydrogen (secondary N) is 2. The Bertz CT molecular complexity index is 841. The molecule has 0 atom stereocenters. The van der Waals surface area contributed by atoms with Crippen LogP contribution in [0.5, 0.6) is 0 Å². The van der Waals surface area contributed by atoms with E-state index in [0.717, 1.165) is 12.1 Å². The van der Waals surface area contributed by atoms with Crippen LogP contribution >= 0.6 is 0 Å². The first-order valence-corrected chi connectivity index (χ1v) is 8.75. The van der Waals surface area contributed by atoms with Crippen molar-refractivity contribution in [2.75, 3.05) is 5.32 Å². The van der Waals surface area contributed by atoms with Gasteiger partial charge >= 0.3 is 18.2 Å². The van der Waals surface area contributed by atoms with Gasteiger partial charge in [-0.1, -0.05) is 0 Å². The number of nitrogens with zero attached hydrogens (tertiary/aromatic N) is 2. The lowest BCUT2D eigenvalue weighted by Crippen LogP contribution is -2.40. The zero-order valence-electron chi connectivity index (χ0n) is 14.7. The highest BCUT2D eigenvalue weighted by atomic mass is 19.4. The van der Waals surface area contributed by atoms with Crippen LogP contribution in [-0.2, 0) is 11.0 Å². The van der Waals surface area contributed by atoms with E-state index >= 15 is 0 Å². The summed E-state index contributed by atoms with van der Waals surface area (Å²) in [6.45, 7) is 0. The van der Waals surface area contributed by atoms with Crippen LogP contribution in [0.15, 0.2) is 36.7 Å². The van der Waals surface area contributed by atoms with Crippen molar-refractivity contribution in [2.45, 2.75) is 37.9 Å². The van der Waals surface area contributed by atoms with E-state index in [0.29, 0.717) is 37.1 Å². The number of urea groups is 1. The smallest absolute Gasteiger partial charge is 0.416 e. The number of alkyl halides is 3. The van der Waals surface area contributed by atoms with Gasteiger partial charge in [0.05, 0.1) is 35.2 Å². The Hall–Kier alpha value is -3.04. The van der Waals surface area contributed by atoms with Crippen LogP contribution in [0.2, 0.25) is 0 Å². The molecule has 150 valence electrons. The molecule has 1 saturated carbocycles. The second-order valence-electron chi connectivity index (χ2n) is 6.70. The van der Waals surface area contributed by atoms with E-state index in [1.807, 2.05) is 0 Å². The third-order valence-corrected chi connectivity index (χ3v) is 4.71. The van der Waals surface area contributed by atoms with Crippen LogP contribution in [0.25, 0.3) is 5.69 Å². The molecule has 0 bridgehead atoms. The molecule has 0 radical (unpaired) electrons. The first kappa shape index (κ1) is 19.7. The standard InChI is InChI=1S/C18H19F3N4O3/c19-18(20,21)12-3-7-15(8-4-12)25-10-14(9-22-25)24-17(28)23-13-5-1-11(2-6-13)16(26)27/h3-4,7-11,13H,1-2,5-6H2,(H,26,27)(H2,23,24,28). The Morgan fingerprint density at radius 3 is 2.32 bits per heavy atom. The van der Waals surface area contributed by atoms with Gasteiger partial charge in [-0.05, 0) is 49.9 Å². The van der Waals surface area contributed by atoms with Crippen LogP contribution in [0, 0.1) is 5.92 Å². The Labute approximate surface area is 158 Å². The molecular formula is C18H19F3N4O3. The van der Waals surface area contributed by atoms with E-state index in [-0.39, 0.29) is 12.0 Å². The Morgan fingerprint density at radius 2 is 1.75 bits per heavy atom. The molecule has 1 fully saturated rings. The van der Waals surface area contributed by atoms with Gasteiger partial charge in [-0.2, -0.15) is 18.3 Å². The minimum atomic E-state index is -4.41. The summed E-state index contributed by atoms with van der Waals surface area (Å²) in [7, 11) is 0. The summed E-state index contributed by atoms with van der Waals surface area (Å²) >= 11 is 0. The van der Waals surface area contributed by atoms with E-state index in [2.05, 4.69) is 15.7 Å². The van der Waals surface area contributed by atoms with Gasteiger partial charge in [-0.3, -0.25) is 4.79 Å². The minimum absolute atomic E-state index is 0.0967. The van der Waals surface area contributed by atoms with E-state index in [4.69, 9.17) is 5.11 Å². The molecule has 1 aliphatic carbocycles. The van der Waals surface area contributed by atoms with E-state index < -0.39 is 23.7 Å². The average Bonchev–Trinajstić information content (AvgIpc) is 3.10. The minimum Gasteiger partial charge on any atom is -0.481 e. The number of carboxylic acid groups (broad SMARTS) is 1. The fourth-order valence-corrected chi connectivity index (χ4v) is 3.17. The number of halogens is 3. The molecule has 0 aliphatic heterocycles. The molecule has 10 heteroatoms. The molecule has 1 heterocycles. The molecule has 1 aliphatic rings. The number of aliphatic carboxylic acids is 1. The van der Waals surface area contributed by atoms with E-state index in [9.17, 15) is 22.8 Å². The SMILES string of the molecule is O=C(Nc1cnn(-c2ccc(C(F)(F)F)cc2)c1)NC1CCC(C(=O)O)CC1. The van der Waals surface area contributed by atoms with E-state index in [1.165, 1.54) is 29.2 Å². The largest absolute Gasteiger partial charge is 0.481 e. The number of anilines is 1. The number of amides is 2. The number of rotatable bonds is 4. The molecule has 28 heavy (non-hydrogen) atoms. The monoisotopic (exact) mass is 396 g/mol. The highest BCUT2D eigenvalue weighted by molar-refractivity contribution is 5.89. The predicted molar refractivity (Wildman–Crippen MR) is 94.1 cm³/mol. The molecule has 1 aromatic heterocycles. The van der Waals surface area contributed by atoms with Crippen molar-refractivity contribution in [2.24, 2.45) is 5.92 Å². The van der Waals surface area contributed by atoms with Crippen molar-refractivity contribution in [1.82, 2.24) is 15.1 Å². The maximum atomic E-state index is 12.6. The van der Waals surface area contributed by atoms with Gasteiger partial charge in [0.2, 0.25) is 0 Å². The molecule has 0 saturated heterocycles. The fraction of sp³-hybridized carbons (Fsp3) is 0.389. The summed E-state index contributed by atoms with van der Waals surface area (Å²) in [5.74, 6) is -1.17. The predicted octanol–water partition coefficient (Wildman–Crippen LogP) is 3.66. The van der Waals surface area contributed by atoms with Crippen molar-refractivity contribution in [1.29, 1.82) is 0 Å². The molecule has 0 unspecified atom stereocenters. The van der Waals surface area contributed by atoms with Gasteiger partial charge in [0.25, 0.3) is 0 Å². The number of carbonyl (C=O) groups is 2. The second kappa shape index (κ2) is 7.91. The lowest BCUT2D eigenvalue weighted by Gasteiger charge is -2.26. The summed E-state index contributed by atoms with van der Waals surface area (Å²) in [5, 5.41) is 18.4. The number of carbonyl (C=O) groups excluding carboxylic acids is 1. The van der Waals surface area contributed by atoms with Crippen LogP contribution in [0.1, 0.15) is 31.2 Å². The summed E-state index contributed by atoms with van der Waals surface area (Å²) in [5.41, 5.74) is 0.0591. The van der Waals surface area contributed by atoms with Crippen molar-refractivity contribution < 1.29 is 27.9 Å². The molecule has 0 spiro atoms. The number of benzene rings is 1. The molecule has 2 amide bonds. The van der Waals surface area contributed by atoms with Crippen molar-refractivity contribution in [3.63, 3.8) is 0 Å². The summed E-state index contributed by atoms with van der Waals surface area (Å²) < 4.78 is 39.2. The summed E-state index contributed by atoms with van der Waals surface area (Å²) in [6, 6.07) is 3.97. The number of carboxylic acids is 1. The van der Waals surface area contributed by atoms with Crippen LogP contribution in [0.3, 0.4) is 0 Å². The average molecular weight is 396 g/mol. The van der Waals surface area contributed by atoms with Gasteiger partial charge in [0.15, 0.2) is 0 Å². The van der Waals surface area contributed by atoms with Crippen molar-refractivity contribution in [3.8, 4) is 5.69 Å². The zero-order valence-corrected chi connectivity index (χ0v) is 14.7. The number of hydrogen-bond acceptors (Lipinski definition) is 3. The highest BCUT2D eigenvalue weighted by Gasteiger charge is 2.30. The maximum Gasteiger partial charge on any atom is 0.416 e. The Kier molecular flexibility index (Phi) is 5.57. The molecule has 7 nitrogen and oxygen atoms in total. The first-order chi connectivity index (χ1) is 13.2. The Balaban J connectivity index is 1.54. The molecule has 1 aromatic carbocycles. The third kappa shape index (κ3) is 4.81.